The highest BCUT2D eigenvalue weighted by Gasteiger charge is 2.02. The van der Waals surface area contributed by atoms with Crippen LogP contribution in [0.25, 0.3) is 0 Å². The summed E-state index contributed by atoms with van der Waals surface area (Å²) in [5.41, 5.74) is 1.89. The molecule has 0 aliphatic carbocycles. The Morgan fingerprint density at radius 2 is 2.28 bits per heavy atom. The Hall–Kier alpha value is -1.97. The minimum atomic E-state index is 0.617. The van der Waals surface area contributed by atoms with E-state index in [-0.39, 0.29) is 0 Å². The molecule has 0 saturated heterocycles. The number of aromatic nitrogens is 1. The minimum absolute atomic E-state index is 0.617. The normalized spacial score (nSPS) is 13.1. The molecule has 0 radical (unpaired) electrons. The van der Waals surface area contributed by atoms with Gasteiger partial charge in [0.1, 0.15) is 0 Å². The van der Waals surface area contributed by atoms with Crippen molar-refractivity contribution in [2.24, 2.45) is 9.98 Å². The van der Waals surface area contributed by atoms with Crippen molar-refractivity contribution in [3.63, 3.8) is 0 Å². The van der Waals surface area contributed by atoms with Crippen LogP contribution in [0.5, 0.6) is 0 Å². The van der Waals surface area contributed by atoms with Gasteiger partial charge in [-0.3, -0.25) is 4.98 Å². The lowest BCUT2D eigenvalue weighted by atomic mass is 10.2. The molecule has 0 unspecified atom stereocenters. The third-order valence-corrected chi connectivity index (χ3v) is 2.25. The van der Waals surface area contributed by atoms with Crippen LogP contribution in [0.2, 0.25) is 0 Å². The minimum Gasteiger partial charge on any atom is -0.486 e. The Kier molecular flexibility index (Phi) is 6.40. The predicted octanol–water partition coefficient (Wildman–Crippen LogP) is 3.21. The SMILES string of the molecule is CC/C=C(\CC)N=C(N=COC)c1cccnc1. The second-order valence-electron chi connectivity index (χ2n) is 3.60. The number of nitrogens with zero attached hydrogens (tertiary/aromatic N) is 3. The molecule has 4 nitrogen and oxygen atoms in total. The van der Waals surface area contributed by atoms with E-state index in [1.54, 1.807) is 19.5 Å². The maximum atomic E-state index is 4.86. The van der Waals surface area contributed by atoms with Gasteiger partial charge in [0.05, 0.1) is 7.11 Å². The number of ether oxygens (including phenoxy) is 1. The van der Waals surface area contributed by atoms with E-state index < -0.39 is 0 Å². The Bertz CT molecular complexity index is 436. The predicted molar refractivity (Wildman–Crippen MR) is 74.9 cm³/mol. The summed E-state index contributed by atoms with van der Waals surface area (Å²) >= 11 is 0. The highest BCUT2D eigenvalue weighted by Crippen LogP contribution is 2.09. The Balaban J connectivity index is 3.09. The van der Waals surface area contributed by atoms with Crippen LogP contribution in [-0.2, 0) is 4.74 Å². The molecule has 4 heteroatoms. The Morgan fingerprint density at radius 1 is 1.44 bits per heavy atom. The van der Waals surface area contributed by atoms with Gasteiger partial charge in [-0.05, 0) is 25.0 Å². The van der Waals surface area contributed by atoms with Crippen molar-refractivity contribution < 1.29 is 4.74 Å². The lowest BCUT2D eigenvalue weighted by Gasteiger charge is -2.02. The van der Waals surface area contributed by atoms with Crippen LogP contribution < -0.4 is 0 Å². The van der Waals surface area contributed by atoms with Crippen molar-refractivity contribution in [2.75, 3.05) is 7.11 Å². The van der Waals surface area contributed by atoms with Gasteiger partial charge in [-0.2, -0.15) is 0 Å². The lowest BCUT2D eigenvalue weighted by molar-refractivity contribution is 0.423. The van der Waals surface area contributed by atoms with Crippen molar-refractivity contribution in [3.8, 4) is 0 Å². The molecule has 1 aromatic rings. The monoisotopic (exact) mass is 245 g/mol. The van der Waals surface area contributed by atoms with Gasteiger partial charge >= 0.3 is 0 Å². The second kappa shape index (κ2) is 8.17. The summed E-state index contributed by atoms with van der Waals surface area (Å²) in [7, 11) is 1.56. The van der Waals surface area contributed by atoms with Crippen molar-refractivity contribution in [1.82, 2.24) is 4.98 Å². The lowest BCUT2D eigenvalue weighted by Crippen LogP contribution is -2.00. The number of hydrogen-bond donors (Lipinski definition) is 0. The van der Waals surface area contributed by atoms with Crippen molar-refractivity contribution in [2.45, 2.75) is 26.7 Å². The Labute approximate surface area is 108 Å². The van der Waals surface area contributed by atoms with E-state index >= 15 is 0 Å². The maximum absolute atomic E-state index is 4.86. The molecule has 0 spiro atoms. The van der Waals surface area contributed by atoms with Gasteiger partial charge in [0, 0.05) is 23.7 Å². The van der Waals surface area contributed by atoms with Crippen LogP contribution in [0.15, 0.2) is 46.3 Å². The molecule has 0 saturated carbocycles. The quantitative estimate of drug-likeness (QED) is 0.590. The fourth-order valence-corrected chi connectivity index (χ4v) is 1.41. The molecular formula is C14H19N3O. The van der Waals surface area contributed by atoms with Crippen molar-refractivity contribution in [3.05, 3.63) is 41.9 Å². The zero-order chi connectivity index (χ0) is 13.2. The van der Waals surface area contributed by atoms with Gasteiger partial charge in [-0.1, -0.05) is 19.9 Å². The van der Waals surface area contributed by atoms with Gasteiger partial charge in [0.25, 0.3) is 0 Å². The zero-order valence-corrected chi connectivity index (χ0v) is 11.1. The second-order valence-corrected chi connectivity index (χ2v) is 3.60. The molecule has 0 bridgehead atoms. The fraction of sp³-hybridized carbons (Fsp3) is 0.357. The van der Waals surface area contributed by atoms with Gasteiger partial charge in [-0.15, -0.1) is 0 Å². The van der Waals surface area contributed by atoms with Crippen LogP contribution in [0.4, 0.5) is 0 Å². The van der Waals surface area contributed by atoms with Crippen LogP contribution in [0.1, 0.15) is 32.3 Å². The summed E-state index contributed by atoms with van der Waals surface area (Å²) in [6.45, 7) is 4.17. The molecule has 1 rings (SSSR count). The topological polar surface area (TPSA) is 46.8 Å². The Morgan fingerprint density at radius 3 is 2.83 bits per heavy atom. The number of allylic oxidation sites excluding steroid dienone is 2. The van der Waals surface area contributed by atoms with Crippen molar-refractivity contribution in [1.29, 1.82) is 0 Å². The first kappa shape index (κ1) is 14.1. The van der Waals surface area contributed by atoms with Crippen LogP contribution in [-0.4, -0.2) is 24.3 Å². The van der Waals surface area contributed by atoms with E-state index in [1.807, 2.05) is 12.1 Å². The highest BCUT2D eigenvalue weighted by molar-refractivity contribution is 6.02. The molecular weight excluding hydrogens is 226 g/mol. The van der Waals surface area contributed by atoms with E-state index in [9.17, 15) is 0 Å². The van der Waals surface area contributed by atoms with E-state index in [0.29, 0.717) is 5.84 Å². The van der Waals surface area contributed by atoms with Crippen LogP contribution in [0.3, 0.4) is 0 Å². The molecule has 0 aliphatic heterocycles. The van der Waals surface area contributed by atoms with E-state index in [1.165, 1.54) is 6.40 Å². The summed E-state index contributed by atoms with van der Waals surface area (Å²) < 4.78 is 4.86. The smallest absolute Gasteiger partial charge is 0.175 e. The molecule has 1 aromatic heterocycles. The molecule has 0 aromatic carbocycles. The highest BCUT2D eigenvalue weighted by atomic mass is 16.5. The molecule has 0 aliphatic rings. The first-order valence-corrected chi connectivity index (χ1v) is 6.05. The molecule has 0 fully saturated rings. The summed E-state index contributed by atoms with van der Waals surface area (Å²) in [6, 6.07) is 3.79. The van der Waals surface area contributed by atoms with E-state index in [0.717, 1.165) is 24.1 Å². The van der Waals surface area contributed by atoms with Gasteiger partial charge in [-0.25, -0.2) is 9.98 Å². The van der Waals surface area contributed by atoms with Gasteiger partial charge in [0.2, 0.25) is 0 Å². The van der Waals surface area contributed by atoms with Gasteiger partial charge in [0.15, 0.2) is 12.2 Å². The summed E-state index contributed by atoms with van der Waals surface area (Å²) in [6.07, 6.45) is 8.78. The zero-order valence-electron chi connectivity index (χ0n) is 11.1. The first-order chi connectivity index (χ1) is 8.81. The van der Waals surface area contributed by atoms with Crippen molar-refractivity contribution >= 4 is 12.2 Å². The van der Waals surface area contributed by atoms with Crippen LogP contribution >= 0.6 is 0 Å². The summed E-state index contributed by atoms with van der Waals surface area (Å²) in [4.78, 5) is 12.8. The fourth-order valence-electron chi connectivity index (χ4n) is 1.41. The number of methoxy groups -OCH3 is 1. The number of pyridine rings is 1. The molecule has 1 heterocycles. The molecule has 96 valence electrons. The third-order valence-electron chi connectivity index (χ3n) is 2.25. The molecule has 0 N–H and O–H groups in total. The van der Waals surface area contributed by atoms with Gasteiger partial charge < -0.3 is 4.74 Å². The summed E-state index contributed by atoms with van der Waals surface area (Å²) in [5, 5.41) is 0. The van der Waals surface area contributed by atoms with E-state index in [4.69, 9.17) is 4.74 Å². The molecule has 0 atom stereocenters. The number of aliphatic imine (C=N–C) groups is 2. The number of hydrogen-bond acceptors (Lipinski definition) is 3. The summed E-state index contributed by atoms with van der Waals surface area (Å²) in [5.74, 6) is 0.617. The molecule has 0 amide bonds. The number of rotatable bonds is 5. The third kappa shape index (κ3) is 4.49. The number of amidine groups is 1. The largest absolute Gasteiger partial charge is 0.486 e. The average molecular weight is 245 g/mol. The maximum Gasteiger partial charge on any atom is 0.175 e. The average Bonchev–Trinajstić information content (AvgIpc) is 2.43. The standard InChI is InChI=1S/C14H19N3O/c1-4-7-13(5-2)17-14(16-11-18-3)12-8-6-9-15-10-12/h6-11H,4-5H2,1-3H3/b13-7+,16-11?,17-14?. The van der Waals surface area contributed by atoms with Crippen LogP contribution in [0, 0.1) is 0 Å². The van der Waals surface area contributed by atoms with E-state index in [2.05, 4.69) is 34.9 Å². The molecule has 18 heavy (non-hydrogen) atoms. The first-order valence-electron chi connectivity index (χ1n) is 6.05.